The molecule has 0 saturated heterocycles. The molecule has 0 fully saturated rings. The Hall–Kier alpha value is -3.53. The average molecular weight is 390 g/mol. The second-order valence-electron chi connectivity index (χ2n) is 5.76. The van der Waals surface area contributed by atoms with Gasteiger partial charge in [0.1, 0.15) is 17.6 Å². The molecule has 10 heteroatoms. The number of nitrogens with zero attached hydrogens (tertiary/aromatic N) is 2. The second kappa shape index (κ2) is 7.24. The number of hydroxylamine groups is 1. The van der Waals surface area contributed by atoms with Gasteiger partial charge in [-0.2, -0.15) is 5.10 Å². The number of ether oxygens (including phenoxy) is 2. The average Bonchev–Trinajstić information content (AvgIpc) is 3.34. The lowest BCUT2D eigenvalue weighted by molar-refractivity contribution is -0.274. The third kappa shape index (κ3) is 4.23. The Morgan fingerprint density at radius 3 is 2.43 bits per heavy atom. The van der Waals surface area contributed by atoms with Crippen molar-refractivity contribution in [2.75, 3.05) is 0 Å². The SMILES string of the molecule is FC(F)(F)Oc1ccc(C2C=C(Oc3ccc(-c4cn[nH]c4)nc3)NO2)cc1. The van der Waals surface area contributed by atoms with Gasteiger partial charge in [-0.25, -0.2) is 5.48 Å². The van der Waals surface area contributed by atoms with Gasteiger partial charge in [0, 0.05) is 17.8 Å². The number of rotatable bonds is 5. The largest absolute Gasteiger partial charge is 0.573 e. The van der Waals surface area contributed by atoms with Gasteiger partial charge in [0.25, 0.3) is 0 Å². The molecule has 0 bridgehead atoms. The Morgan fingerprint density at radius 2 is 1.79 bits per heavy atom. The Kier molecular flexibility index (Phi) is 4.62. The molecule has 2 aromatic heterocycles. The zero-order valence-electron chi connectivity index (χ0n) is 14.1. The molecule has 1 aliphatic rings. The maximum atomic E-state index is 12.2. The third-order valence-electron chi connectivity index (χ3n) is 3.79. The lowest BCUT2D eigenvalue weighted by Gasteiger charge is -2.11. The van der Waals surface area contributed by atoms with Crippen LogP contribution in [0.1, 0.15) is 11.7 Å². The van der Waals surface area contributed by atoms with Crippen LogP contribution in [0, 0.1) is 0 Å². The van der Waals surface area contributed by atoms with Gasteiger partial charge >= 0.3 is 6.36 Å². The van der Waals surface area contributed by atoms with Crippen LogP contribution in [0.25, 0.3) is 11.3 Å². The molecule has 28 heavy (non-hydrogen) atoms. The Morgan fingerprint density at radius 1 is 1.00 bits per heavy atom. The van der Waals surface area contributed by atoms with E-state index in [0.717, 1.165) is 11.3 Å². The van der Waals surface area contributed by atoms with Crippen molar-refractivity contribution in [1.82, 2.24) is 20.7 Å². The van der Waals surface area contributed by atoms with Gasteiger partial charge < -0.3 is 9.47 Å². The predicted octanol–water partition coefficient (Wildman–Crippen LogP) is 3.87. The maximum Gasteiger partial charge on any atom is 0.573 e. The minimum absolute atomic E-state index is 0.300. The first-order valence-corrected chi connectivity index (χ1v) is 8.08. The molecule has 4 rings (SSSR count). The minimum atomic E-state index is -4.73. The Labute approximate surface area is 156 Å². The van der Waals surface area contributed by atoms with Crippen molar-refractivity contribution in [2.45, 2.75) is 12.5 Å². The van der Waals surface area contributed by atoms with Gasteiger partial charge in [0.2, 0.25) is 5.88 Å². The highest BCUT2D eigenvalue weighted by Crippen LogP contribution is 2.29. The van der Waals surface area contributed by atoms with Crippen molar-refractivity contribution in [3.63, 3.8) is 0 Å². The summed E-state index contributed by atoms with van der Waals surface area (Å²) in [6.07, 6.45) is 1.36. The van der Waals surface area contributed by atoms with Crippen molar-refractivity contribution in [3.8, 4) is 22.8 Å². The minimum Gasteiger partial charge on any atom is -0.438 e. The number of nitrogens with one attached hydrogen (secondary N) is 2. The number of alkyl halides is 3. The van der Waals surface area contributed by atoms with E-state index in [9.17, 15) is 13.2 Å². The fraction of sp³-hybridized carbons (Fsp3) is 0.111. The fourth-order valence-electron chi connectivity index (χ4n) is 2.53. The molecule has 1 atom stereocenters. The summed E-state index contributed by atoms with van der Waals surface area (Å²) in [4.78, 5) is 9.68. The summed E-state index contributed by atoms with van der Waals surface area (Å²) in [5.74, 6) is 0.536. The van der Waals surface area contributed by atoms with Crippen LogP contribution in [0.5, 0.6) is 11.5 Å². The summed E-state index contributed by atoms with van der Waals surface area (Å²) in [5.41, 5.74) is 4.86. The molecular formula is C18H13F3N4O3. The monoisotopic (exact) mass is 390 g/mol. The van der Waals surface area contributed by atoms with Crippen LogP contribution in [0.3, 0.4) is 0 Å². The molecule has 0 radical (unpaired) electrons. The highest BCUT2D eigenvalue weighted by atomic mass is 19.4. The molecule has 3 heterocycles. The number of benzene rings is 1. The summed E-state index contributed by atoms with van der Waals surface area (Å²) in [6, 6.07) is 8.93. The van der Waals surface area contributed by atoms with Crippen LogP contribution in [0.4, 0.5) is 13.2 Å². The van der Waals surface area contributed by atoms with Crippen LogP contribution in [0.15, 0.2) is 66.9 Å². The summed E-state index contributed by atoms with van der Waals surface area (Å²) in [5, 5.41) is 6.58. The number of H-pyrrole nitrogens is 1. The van der Waals surface area contributed by atoms with E-state index >= 15 is 0 Å². The normalized spacial score (nSPS) is 16.4. The van der Waals surface area contributed by atoms with Crippen LogP contribution >= 0.6 is 0 Å². The quantitative estimate of drug-likeness (QED) is 0.689. The summed E-state index contributed by atoms with van der Waals surface area (Å²) in [7, 11) is 0. The van der Waals surface area contributed by atoms with Crippen molar-refractivity contribution in [2.24, 2.45) is 0 Å². The van der Waals surface area contributed by atoms with Gasteiger partial charge in [0.15, 0.2) is 0 Å². The van der Waals surface area contributed by atoms with Crippen molar-refractivity contribution in [3.05, 3.63) is 72.5 Å². The molecule has 0 spiro atoms. The van der Waals surface area contributed by atoms with Crippen LogP contribution in [-0.4, -0.2) is 21.5 Å². The number of hydrogen-bond acceptors (Lipinski definition) is 6. The third-order valence-corrected chi connectivity index (χ3v) is 3.79. The molecule has 0 aliphatic carbocycles. The zero-order chi connectivity index (χ0) is 19.6. The number of halogens is 3. The molecule has 2 N–H and O–H groups in total. The molecular weight excluding hydrogens is 377 g/mol. The lowest BCUT2D eigenvalue weighted by Crippen LogP contribution is -2.17. The molecule has 144 valence electrons. The molecule has 1 aliphatic heterocycles. The molecule has 3 aromatic rings. The summed E-state index contributed by atoms with van der Waals surface area (Å²) in [6.45, 7) is 0. The molecule has 0 saturated carbocycles. The van der Waals surface area contributed by atoms with Crippen molar-refractivity contribution >= 4 is 0 Å². The van der Waals surface area contributed by atoms with Crippen molar-refractivity contribution < 1.29 is 27.5 Å². The first kappa shape index (κ1) is 17.9. The number of hydrogen-bond donors (Lipinski definition) is 2. The van der Waals surface area contributed by atoms with E-state index in [1.807, 2.05) is 0 Å². The van der Waals surface area contributed by atoms with E-state index in [4.69, 9.17) is 9.57 Å². The second-order valence-corrected chi connectivity index (χ2v) is 5.76. The standard InChI is InChI=1S/C18H13F3N4O3/c19-18(20,21)27-13-3-1-11(2-4-13)16-7-17(25-28-16)26-14-5-6-15(22-10-14)12-8-23-24-9-12/h1-10,16,25H,(H,23,24). The zero-order valence-corrected chi connectivity index (χ0v) is 14.1. The van der Waals surface area contributed by atoms with Gasteiger partial charge in [-0.15, -0.1) is 13.2 Å². The van der Waals surface area contributed by atoms with E-state index < -0.39 is 12.5 Å². The summed E-state index contributed by atoms with van der Waals surface area (Å²) < 4.78 is 46.1. The Balaban J connectivity index is 1.40. The van der Waals surface area contributed by atoms with Crippen LogP contribution in [0.2, 0.25) is 0 Å². The smallest absolute Gasteiger partial charge is 0.438 e. The maximum absolute atomic E-state index is 12.2. The van der Waals surface area contributed by atoms with E-state index in [-0.39, 0.29) is 5.75 Å². The molecule has 1 unspecified atom stereocenters. The van der Waals surface area contributed by atoms with Gasteiger partial charge in [-0.3, -0.25) is 14.9 Å². The highest BCUT2D eigenvalue weighted by molar-refractivity contribution is 5.57. The van der Waals surface area contributed by atoms with Crippen LogP contribution in [-0.2, 0) is 4.84 Å². The number of aromatic nitrogens is 3. The first-order chi connectivity index (χ1) is 13.5. The van der Waals surface area contributed by atoms with Crippen molar-refractivity contribution in [1.29, 1.82) is 0 Å². The van der Waals surface area contributed by atoms with Gasteiger partial charge in [-0.1, -0.05) is 12.1 Å². The van der Waals surface area contributed by atoms with E-state index in [0.29, 0.717) is 17.2 Å². The number of pyridine rings is 1. The predicted molar refractivity (Wildman–Crippen MR) is 90.6 cm³/mol. The fourth-order valence-corrected chi connectivity index (χ4v) is 2.53. The molecule has 1 aromatic carbocycles. The van der Waals surface area contributed by atoms with Gasteiger partial charge in [0.05, 0.1) is 18.1 Å². The lowest BCUT2D eigenvalue weighted by atomic mass is 10.1. The Bertz CT molecular complexity index is 955. The molecule has 0 amide bonds. The highest BCUT2D eigenvalue weighted by Gasteiger charge is 2.31. The topological polar surface area (TPSA) is 81.3 Å². The van der Waals surface area contributed by atoms with Gasteiger partial charge in [-0.05, 0) is 29.8 Å². The van der Waals surface area contributed by atoms with E-state index in [2.05, 4.69) is 25.4 Å². The molecule has 7 nitrogen and oxygen atoms in total. The van der Waals surface area contributed by atoms with Crippen LogP contribution < -0.4 is 15.0 Å². The van der Waals surface area contributed by atoms with E-state index in [1.54, 1.807) is 36.8 Å². The summed E-state index contributed by atoms with van der Waals surface area (Å²) >= 11 is 0. The first-order valence-electron chi connectivity index (χ1n) is 8.08. The number of aromatic amines is 1. The van der Waals surface area contributed by atoms with E-state index in [1.165, 1.54) is 24.3 Å².